The number of aromatic nitrogens is 1. The monoisotopic (exact) mass is 303 g/mol. The highest BCUT2D eigenvalue weighted by atomic mass is 16.5. The summed E-state index contributed by atoms with van der Waals surface area (Å²) in [6.07, 6.45) is 7.01. The van der Waals surface area contributed by atoms with Crippen LogP contribution >= 0.6 is 0 Å². The van der Waals surface area contributed by atoms with Crippen LogP contribution in [0.3, 0.4) is 0 Å². The molecule has 1 aliphatic carbocycles. The molecule has 2 aliphatic heterocycles. The second kappa shape index (κ2) is 6.05. The van der Waals surface area contributed by atoms with E-state index in [4.69, 9.17) is 4.74 Å². The van der Waals surface area contributed by atoms with Crippen molar-refractivity contribution in [1.29, 1.82) is 0 Å². The number of likely N-dealkylation sites (tertiary alicyclic amines) is 2. The highest BCUT2D eigenvalue weighted by Gasteiger charge is 2.49. The van der Waals surface area contributed by atoms with Crippen molar-refractivity contribution in [2.45, 2.75) is 37.8 Å². The summed E-state index contributed by atoms with van der Waals surface area (Å²) < 4.78 is 6.20. The number of carbonyl (C=O) groups is 1. The molecule has 22 heavy (non-hydrogen) atoms. The SMILES string of the molecule is O=C(c1ccc[nH]1)N1C[C@H]2CC[C@H]1[C@H]2OCCN1CCCC1. The van der Waals surface area contributed by atoms with Crippen LogP contribution in [0.25, 0.3) is 0 Å². The number of H-pyrrole nitrogens is 1. The smallest absolute Gasteiger partial charge is 0.270 e. The van der Waals surface area contributed by atoms with E-state index in [2.05, 4.69) is 9.88 Å². The van der Waals surface area contributed by atoms with E-state index in [1.807, 2.05) is 23.2 Å². The molecule has 3 fully saturated rings. The number of rotatable bonds is 5. The lowest BCUT2D eigenvalue weighted by Crippen LogP contribution is -2.40. The van der Waals surface area contributed by atoms with E-state index in [-0.39, 0.29) is 18.1 Å². The molecular formula is C17H25N3O2. The van der Waals surface area contributed by atoms with Gasteiger partial charge in [-0.2, -0.15) is 0 Å². The van der Waals surface area contributed by atoms with Crippen molar-refractivity contribution in [1.82, 2.24) is 14.8 Å². The Bertz CT molecular complexity index is 510. The maximum Gasteiger partial charge on any atom is 0.270 e. The molecule has 0 radical (unpaired) electrons. The second-order valence-corrected chi connectivity index (χ2v) is 6.83. The number of ether oxygens (including phenoxy) is 1. The largest absolute Gasteiger partial charge is 0.374 e. The first-order chi connectivity index (χ1) is 10.8. The van der Waals surface area contributed by atoms with Gasteiger partial charge in [-0.05, 0) is 50.9 Å². The quantitative estimate of drug-likeness (QED) is 0.901. The summed E-state index contributed by atoms with van der Waals surface area (Å²) in [4.78, 5) is 20.1. The first-order valence-corrected chi connectivity index (χ1v) is 8.61. The van der Waals surface area contributed by atoms with Gasteiger partial charge in [-0.25, -0.2) is 0 Å². The van der Waals surface area contributed by atoms with Gasteiger partial charge in [-0.3, -0.25) is 4.79 Å². The Kier molecular flexibility index (Phi) is 3.92. The Morgan fingerprint density at radius 2 is 2.18 bits per heavy atom. The number of carbonyl (C=O) groups excluding carboxylic acids is 1. The number of fused-ring (bicyclic) bond motifs is 2. The van der Waals surface area contributed by atoms with Crippen molar-refractivity contribution in [2.24, 2.45) is 5.92 Å². The minimum atomic E-state index is 0.130. The Balaban J connectivity index is 1.33. The molecule has 3 heterocycles. The predicted octanol–water partition coefficient (Wildman–Crippen LogP) is 1.73. The number of nitrogens with zero attached hydrogens (tertiary/aromatic N) is 2. The number of nitrogens with one attached hydrogen (secondary N) is 1. The predicted molar refractivity (Wildman–Crippen MR) is 83.8 cm³/mol. The van der Waals surface area contributed by atoms with Gasteiger partial charge in [0.15, 0.2) is 0 Å². The first-order valence-electron chi connectivity index (χ1n) is 8.61. The van der Waals surface area contributed by atoms with Gasteiger partial charge in [-0.15, -0.1) is 0 Å². The van der Waals surface area contributed by atoms with Gasteiger partial charge < -0.3 is 19.5 Å². The van der Waals surface area contributed by atoms with Crippen LogP contribution in [0.5, 0.6) is 0 Å². The Morgan fingerprint density at radius 1 is 1.32 bits per heavy atom. The van der Waals surface area contributed by atoms with Crippen LogP contribution in [0.15, 0.2) is 18.3 Å². The highest BCUT2D eigenvalue weighted by Crippen LogP contribution is 2.40. The molecule has 5 heteroatoms. The molecule has 4 rings (SSSR count). The molecule has 1 saturated carbocycles. The third-order valence-electron chi connectivity index (χ3n) is 5.51. The number of piperidine rings is 1. The molecule has 120 valence electrons. The van der Waals surface area contributed by atoms with E-state index in [9.17, 15) is 4.79 Å². The lowest BCUT2D eigenvalue weighted by Gasteiger charge is -2.27. The zero-order valence-corrected chi connectivity index (χ0v) is 13.0. The van der Waals surface area contributed by atoms with Gasteiger partial charge in [0, 0.05) is 25.2 Å². The maximum absolute atomic E-state index is 12.6. The van der Waals surface area contributed by atoms with Gasteiger partial charge in [0.1, 0.15) is 5.69 Å². The zero-order valence-electron chi connectivity index (χ0n) is 13.0. The minimum absolute atomic E-state index is 0.130. The molecule has 1 aromatic heterocycles. The molecule has 1 aromatic rings. The van der Waals surface area contributed by atoms with Gasteiger partial charge in [0.2, 0.25) is 0 Å². The van der Waals surface area contributed by atoms with E-state index in [0.717, 1.165) is 26.1 Å². The van der Waals surface area contributed by atoms with Crippen LogP contribution in [-0.2, 0) is 4.74 Å². The van der Waals surface area contributed by atoms with E-state index < -0.39 is 0 Å². The van der Waals surface area contributed by atoms with Crippen molar-refractivity contribution in [2.75, 3.05) is 32.8 Å². The molecule has 0 unspecified atom stereocenters. The summed E-state index contributed by atoms with van der Waals surface area (Å²) >= 11 is 0. The highest BCUT2D eigenvalue weighted by molar-refractivity contribution is 5.93. The molecule has 0 aromatic carbocycles. The molecule has 3 aliphatic rings. The van der Waals surface area contributed by atoms with Crippen LogP contribution < -0.4 is 0 Å². The summed E-state index contributed by atoms with van der Waals surface area (Å²) in [6, 6.07) is 4.02. The third-order valence-corrected chi connectivity index (χ3v) is 5.51. The number of hydrogen-bond donors (Lipinski definition) is 1. The van der Waals surface area contributed by atoms with E-state index in [1.165, 1.54) is 32.4 Å². The zero-order chi connectivity index (χ0) is 14.9. The average Bonchev–Trinajstić information content (AvgIpc) is 3.32. The minimum Gasteiger partial charge on any atom is -0.374 e. The van der Waals surface area contributed by atoms with Crippen molar-refractivity contribution >= 4 is 5.91 Å². The second-order valence-electron chi connectivity index (χ2n) is 6.83. The molecule has 3 atom stereocenters. The van der Waals surface area contributed by atoms with Crippen molar-refractivity contribution in [3.05, 3.63) is 24.0 Å². The van der Waals surface area contributed by atoms with Crippen LogP contribution in [0.1, 0.15) is 36.2 Å². The van der Waals surface area contributed by atoms with Gasteiger partial charge >= 0.3 is 0 Å². The summed E-state index contributed by atoms with van der Waals surface area (Å²) in [6.45, 7) is 5.15. The number of hydrogen-bond acceptors (Lipinski definition) is 3. The van der Waals surface area contributed by atoms with Crippen LogP contribution in [0.2, 0.25) is 0 Å². The number of amides is 1. The lowest BCUT2D eigenvalue weighted by atomic mass is 10.1. The van der Waals surface area contributed by atoms with Crippen LogP contribution in [0.4, 0.5) is 0 Å². The molecule has 0 spiro atoms. The van der Waals surface area contributed by atoms with E-state index in [0.29, 0.717) is 11.6 Å². The van der Waals surface area contributed by atoms with E-state index in [1.54, 1.807) is 0 Å². The Morgan fingerprint density at radius 3 is 2.95 bits per heavy atom. The standard InChI is InChI=1S/C17H25N3O2/c21-17(14-4-3-7-18-14)20-12-13-5-6-15(20)16(13)22-11-10-19-8-1-2-9-19/h3-4,7,13,15-16,18H,1-2,5-6,8-12H2/t13-,15+,16+/m1/s1. The fourth-order valence-corrected chi connectivity index (χ4v) is 4.37. The average molecular weight is 303 g/mol. The molecule has 1 N–H and O–H groups in total. The summed E-state index contributed by atoms with van der Waals surface area (Å²) in [7, 11) is 0. The molecule has 5 nitrogen and oxygen atoms in total. The van der Waals surface area contributed by atoms with Crippen molar-refractivity contribution in [3.63, 3.8) is 0 Å². The van der Waals surface area contributed by atoms with Gasteiger partial charge in [0.25, 0.3) is 5.91 Å². The van der Waals surface area contributed by atoms with Crippen molar-refractivity contribution < 1.29 is 9.53 Å². The topological polar surface area (TPSA) is 48.6 Å². The molecule has 1 amide bonds. The summed E-state index contributed by atoms with van der Waals surface area (Å²) in [5.41, 5.74) is 0.698. The van der Waals surface area contributed by atoms with Gasteiger partial charge in [0.05, 0.1) is 18.8 Å². The number of aromatic amines is 1. The Labute approximate surface area is 131 Å². The lowest BCUT2D eigenvalue weighted by molar-refractivity contribution is 0.0177. The summed E-state index contributed by atoms with van der Waals surface area (Å²) in [5, 5.41) is 0. The summed E-state index contributed by atoms with van der Waals surface area (Å²) in [5.74, 6) is 0.660. The fraction of sp³-hybridized carbons (Fsp3) is 0.706. The first kappa shape index (κ1) is 14.3. The normalized spacial score (nSPS) is 31.3. The van der Waals surface area contributed by atoms with Crippen LogP contribution in [-0.4, -0.2) is 65.6 Å². The maximum atomic E-state index is 12.6. The Hall–Kier alpha value is -1.33. The third kappa shape index (κ3) is 2.57. The van der Waals surface area contributed by atoms with Gasteiger partial charge in [-0.1, -0.05) is 0 Å². The molecule has 2 saturated heterocycles. The fourth-order valence-electron chi connectivity index (χ4n) is 4.37. The van der Waals surface area contributed by atoms with Crippen LogP contribution in [0, 0.1) is 5.92 Å². The molecule has 2 bridgehead atoms. The molecular weight excluding hydrogens is 278 g/mol. The van der Waals surface area contributed by atoms with E-state index >= 15 is 0 Å². The van der Waals surface area contributed by atoms with Crippen molar-refractivity contribution in [3.8, 4) is 0 Å².